The summed E-state index contributed by atoms with van der Waals surface area (Å²) < 4.78 is 27.5. The average Bonchev–Trinajstić information content (AvgIpc) is 2.87. The molecule has 0 saturated carbocycles. The zero-order valence-corrected chi connectivity index (χ0v) is 14.0. The molecule has 1 heterocycles. The van der Waals surface area contributed by atoms with Gasteiger partial charge in [0.15, 0.2) is 0 Å². The SMILES string of the molecule is O=C(O)c1ccc(CCNS(=O)(=O)c2ccc(Br)s2)cc1. The predicted octanol–water partition coefficient (Wildman–Crippen LogP) is 2.73. The number of carbonyl (C=O) groups is 1. The summed E-state index contributed by atoms with van der Waals surface area (Å²) in [7, 11) is -3.49. The molecule has 2 N–H and O–H groups in total. The first-order valence-electron chi connectivity index (χ1n) is 5.96. The highest BCUT2D eigenvalue weighted by Crippen LogP contribution is 2.25. The molecule has 0 unspecified atom stereocenters. The largest absolute Gasteiger partial charge is 0.478 e. The molecule has 0 bridgehead atoms. The van der Waals surface area contributed by atoms with Crippen molar-refractivity contribution in [3.05, 3.63) is 51.3 Å². The number of thiophene rings is 1. The van der Waals surface area contributed by atoms with Gasteiger partial charge in [0.1, 0.15) is 4.21 Å². The Labute approximate surface area is 134 Å². The number of aromatic carboxylic acids is 1. The molecule has 2 rings (SSSR count). The van der Waals surface area contributed by atoms with E-state index in [0.29, 0.717) is 6.42 Å². The number of nitrogens with one attached hydrogen (secondary N) is 1. The Morgan fingerprint density at radius 2 is 1.86 bits per heavy atom. The van der Waals surface area contributed by atoms with Gasteiger partial charge in [-0.2, -0.15) is 0 Å². The van der Waals surface area contributed by atoms with Crippen LogP contribution in [0, 0.1) is 0 Å². The topological polar surface area (TPSA) is 83.5 Å². The first kappa shape index (κ1) is 16.2. The highest BCUT2D eigenvalue weighted by Gasteiger charge is 2.15. The Hall–Kier alpha value is -1.22. The third-order valence-corrected chi connectivity index (χ3v) is 6.30. The number of sulfonamides is 1. The van der Waals surface area contributed by atoms with Gasteiger partial charge in [0.2, 0.25) is 10.0 Å². The normalized spacial score (nSPS) is 11.5. The molecule has 112 valence electrons. The molecule has 0 aliphatic carbocycles. The van der Waals surface area contributed by atoms with Crippen LogP contribution in [0.1, 0.15) is 15.9 Å². The van der Waals surface area contributed by atoms with Gasteiger partial charge in [-0.1, -0.05) is 12.1 Å². The number of carboxylic acids is 1. The molecular formula is C13H12BrNO4S2. The maximum Gasteiger partial charge on any atom is 0.335 e. The molecule has 5 nitrogen and oxygen atoms in total. The second-order valence-corrected chi connectivity index (χ2v) is 8.67. The lowest BCUT2D eigenvalue weighted by Gasteiger charge is -2.05. The molecule has 2 aromatic rings. The standard InChI is InChI=1S/C13H12BrNO4S2/c14-11-5-6-12(20-11)21(18,19)15-8-7-9-1-3-10(4-2-9)13(16)17/h1-6,15H,7-8H2,(H,16,17). The Bertz CT molecular complexity index is 738. The fraction of sp³-hybridized carbons (Fsp3) is 0.154. The number of benzene rings is 1. The van der Waals surface area contributed by atoms with Crippen LogP contribution in [0.4, 0.5) is 0 Å². The number of hydrogen-bond donors (Lipinski definition) is 2. The number of halogens is 1. The predicted molar refractivity (Wildman–Crippen MR) is 84.3 cm³/mol. The number of rotatable bonds is 6. The minimum absolute atomic E-state index is 0.211. The monoisotopic (exact) mass is 389 g/mol. The van der Waals surface area contributed by atoms with Gasteiger partial charge in [0.25, 0.3) is 0 Å². The zero-order chi connectivity index (χ0) is 15.5. The van der Waals surface area contributed by atoms with Crippen molar-refractivity contribution >= 4 is 43.3 Å². The molecule has 0 saturated heterocycles. The molecule has 1 aromatic heterocycles. The van der Waals surface area contributed by atoms with E-state index in [9.17, 15) is 13.2 Å². The van der Waals surface area contributed by atoms with Crippen molar-refractivity contribution in [2.75, 3.05) is 6.54 Å². The molecule has 0 amide bonds. The molecule has 0 fully saturated rings. The molecule has 0 aliphatic heterocycles. The van der Waals surface area contributed by atoms with E-state index >= 15 is 0 Å². The summed E-state index contributed by atoms with van der Waals surface area (Å²) in [5, 5.41) is 8.79. The van der Waals surface area contributed by atoms with Gasteiger partial charge < -0.3 is 5.11 Å². The molecule has 1 aromatic carbocycles. The fourth-order valence-electron chi connectivity index (χ4n) is 1.66. The smallest absolute Gasteiger partial charge is 0.335 e. The van der Waals surface area contributed by atoms with E-state index in [1.165, 1.54) is 12.1 Å². The first-order chi connectivity index (χ1) is 9.88. The van der Waals surface area contributed by atoms with Gasteiger partial charge in [-0.15, -0.1) is 11.3 Å². The lowest BCUT2D eigenvalue weighted by atomic mass is 10.1. The lowest BCUT2D eigenvalue weighted by Crippen LogP contribution is -2.25. The van der Waals surface area contributed by atoms with Crippen LogP contribution in [0.2, 0.25) is 0 Å². The summed E-state index contributed by atoms with van der Waals surface area (Å²) in [6.45, 7) is 0.254. The van der Waals surface area contributed by atoms with Gasteiger partial charge in [0.05, 0.1) is 9.35 Å². The van der Waals surface area contributed by atoms with Crippen molar-refractivity contribution in [1.29, 1.82) is 0 Å². The van der Waals surface area contributed by atoms with Crippen LogP contribution in [0.25, 0.3) is 0 Å². The van der Waals surface area contributed by atoms with Gasteiger partial charge in [-0.05, 0) is 52.2 Å². The van der Waals surface area contributed by atoms with E-state index in [1.54, 1.807) is 24.3 Å². The van der Waals surface area contributed by atoms with Crippen molar-refractivity contribution in [1.82, 2.24) is 4.72 Å². The quantitative estimate of drug-likeness (QED) is 0.795. The van der Waals surface area contributed by atoms with Crippen LogP contribution in [0.3, 0.4) is 0 Å². The Kier molecular flexibility index (Phi) is 5.15. The van der Waals surface area contributed by atoms with Crippen LogP contribution in [-0.2, 0) is 16.4 Å². The minimum atomic E-state index is -3.49. The van der Waals surface area contributed by atoms with Gasteiger partial charge >= 0.3 is 5.97 Å². The summed E-state index contributed by atoms with van der Waals surface area (Å²) in [4.78, 5) is 10.7. The third kappa shape index (κ3) is 4.37. The van der Waals surface area contributed by atoms with E-state index in [4.69, 9.17) is 5.11 Å². The Balaban J connectivity index is 1.93. The van der Waals surface area contributed by atoms with Crippen LogP contribution >= 0.6 is 27.3 Å². The number of hydrogen-bond acceptors (Lipinski definition) is 4. The number of carboxylic acid groups (broad SMARTS) is 1. The van der Waals surface area contributed by atoms with E-state index < -0.39 is 16.0 Å². The van der Waals surface area contributed by atoms with Gasteiger partial charge in [-0.25, -0.2) is 17.9 Å². The molecular weight excluding hydrogens is 378 g/mol. The molecule has 0 radical (unpaired) electrons. The zero-order valence-electron chi connectivity index (χ0n) is 10.7. The highest BCUT2D eigenvalue weighted by atomic mass is 79.9. The molecule has 0 aliphatic rings. The second kappa shape index (κ2) is 6.69. The summed E-state index contributed by atoms with van der Waals surface area (Å²) in [6.07, 6.45) is 0.492. The fourth-order valence-corrected chi connectivity index (χ4v) is 4.74. The van der Waals surface area contributed by atoms with E-state index in [0.717, 1.165) is 20.7 Å². The minimum Gasteiger partial charge on any atom is -0.478 e. The van der Waals surface area contributed by atoms with Crippen molar-refractivity contribution in [3.63, 3.8) is 0 Å². The van der Waals surface area contributed by atoms with Crippen LogP contribution in [-0.4, -0.2) is 26.0 Å². The maximum atomic E-state index is 12.0. The Morgan fingerprint density at radius 1 is 1.19 bits per heavy atom. The Morgan fingerprint density at radius 3 is 2.38 bits per heavy atom. The summed E-state index contributed by atoms with van der Waals surface area (Å²) in [6, 6.07) is 9.59. The van der Waals surface area contributed by atoms with Crippen LogP contribution in [0.15, 0.2) is 44.4 Å². The molecule has 0 atom stereocenters. The van der Waals surface area contributed by atoms with Crippen LogP contribution in [0.5, 0.6) is 0 Å². The third-order valence-electron chi connectivity index (χ3n) is 2.72. The summed E-state index contributed by atoms with van der Waals surface area (Å²) >= 11 is 4.37. The van der Waals surface area contributed by atoms with Crippen molar-refractivity contribution < 1.29 is 18.3 Å². The first-order valence-corrected chi connectivity index (χ1v) is 9.05. The van der Waals surface area contributed by atoms with Crippen LogP contribution < -0.4 is 4.72 Å². The van der Waals surface area contributed by atoms with Gasteiger partial charge in [-0.3, -0.25) is 0 Å². The lowest BCUT2D eigenvalue weighted by molar-refractivity contribution is 0.0697. The molecule has 8 heteroatoms. The molecule has 21 heavy (non-hydrogen) atoms. The highest BCUT2D eigenvalue weighted by molar-refractivity contribution is 9.11. The summed E-state index contributed by atoms with van der Waals surface area (Å²) in [5.74, 6) is -0.981. The second-order valence-electron chi connectivity index (χ2n) is 4.21. The van der Waals surface area contributed by atoms with E-state index in [1.807, 2.05) is 0 Å². The molecule has 0 spiro atoms. The van der Waals surface area contributed by atoms with E-state index in [2.05, 4.69) is 20.7 Å². The van der Waals surface area contributed by atoms with Gasteiger partial charge in [0, 0.05) is 6.54 Å². The maximum absolute atomic E-state index is 12.0. The van der Waals surface area contributed by atoms with Crippen molar-refractivity contribution in [3.8, 4) is 0 Å². The van der Waals surface area contributed by atoms with E-state index in [-0.39, 0.29) is 16.3 Å². The summed E-state index contributed by atoms with van der Waals surface area (Å²) in [5.41, 5.74) is 1.08. The van der Waals surface area contributed by atoms with Crippen molar-refractivity contribution in [2.45, 2.75) is 10.6 Å². The van der Waals surface area contributed by atoms with Crippen molar-refractivity contribution in [2.24, 2.45) is 0 Å². The average molecular weight is 390 g/mol.